The van der Waals surface area contributed by atoms with Crippen molar-refractivity contribution in [3.05, 3.63) is 60.2 Å². The number of hydrogen-bond acceptors (Lipinski definition) is 1. The van der Waals surface area contributed by atoms with E-state index in [9.17, 15) is 0 Å². The maximum Gasteiger partial charge on any atom is 0.0855 e. The maximum atomic E-state index is 5.61. The molecule has 0 heterocycles. The molecule has 0 aromatic heterocycles. The van der Waals surface area contributed by atoms with Gasteiger partial charge in [0.15, 0.2) is 0 Å². The van der Waals surface area contributed by atoms with Gasteiger partial charge >= 0.3 is 0 Å². The maximum absolute atomic E-state index is 5.61. The van der Waals surface area contributed by atoms with Gasteiger partial charge in [0.2, 0.25) is 0 Å². The molecule has 2 aromatic rings. The smallest absolute Gasteiger partial charge is 0.0855 e. The second kappa shape index (κ2) is 7.10. The van der Waals surface area contributed by atoms with E-state index < -0.39 is 0 Å². The summed E-state index contributed by atoms with van der Waals surface area (Å²) in [5.41, 5.74) is 1.25. The summed E-state index contributed by atoms with van der Waals surface area (Å²) in [7, 11) is 1.79. The molecule has 2 rings (SSSR count). The van der Waals surface area contributed by atoms with Crippen molar-refractivity contribution in [1.29, 1.82) is 0 Å². The van der Waals surface area contributed by atoms with Crippen molar-refractivity contribution in [2.24, 2.45) is 0 Å². The van der Waals surface area contributed by atoms with Gasteiger partial charge in [-0.3, -0.25) is 0 Å². The Balaban J connectivity index is 2.15. The molecule has 0 radical (unpaired) electrons. The second-order valence-corrected chi connectivity index (χ2v) is 4.83. The fourth-order valence-corrected chi connectivity index (χ4v) is 2.28. The third kappa shape index (κ3) is 3.68. The van der Waals surface area contributed by atoms with Gasteiger partial charge in [-0.15, -0.1) is 0 Å². The highest BCUT2D eigenvalue weighted by Gasteiger charge is 2.08. The van der Waals surface area contributed by atoms with Gasteiger partial charge < -0.3 is 4.74 Å². The summed E-state index contributed by atoms with van der Waals surface area (Å²) in [5, 5.41) is 2.56. The van der Waals surface area contributed by atoms with E-state index >= 15 is 0 Å². The van der Waals surface area contributed by atoms with Crippen LogP contribution in [0.4, 0.5) is 0 Å². The molecule has 0 N–H and O–H groups in total. The highest BCUT2D eigenvalue weighted by Crippen LogP contribution is 2.25. The molecule has 0 fully saturated rings. The van der Waals surface area contributed by atoms with Crippen LogP contribution in [0.3, 0.4) is 0 Å². The molecule has 1 heteroatoms. The van der Waals surface area contributed by atoms with Crippen LogP contribution in [0.15, 0.2) is 54.6 Å². The summed E-state index contributed by atoms with van der Waals surface area (Å²) in [4.78, 5) is 0. The number of hydrogen-bond donors (Lipinski definition) is 0. The van der Waals surface area contributed by atoms with E-state index in [1.165, 1.54) is 22.8 Å². The molecule has 0 aliphatic rings. The summed E-state index contributed by atoms with van der Waals surface area (Å²) < 4.78 is 5.61. The van der Waals surface area contributed by atoms with Crippen LogP contribution in [0.5, 0.6) is 0 Å². The third-order valence-corrected chi connectivity index (χ3v) is 3.40. The Morgan fingerprint density at radius 3 is 2.58 bits per heavy atom. The van der Waals surface area contributed by atoms with Gasteiger partial charge in [-0.25, -0.2) is 0 Å². The standard InChI is InChI=1S/C18H22O/c1-3-4-5-6-11-18(19-2)17-13-12-15-9-7-8-10-16(15)14-17/h5-10,12-14,18H,3-4,11H2,1-2H3/b6-5+. The van der Waals surface area contributed by atoms with Gasteiger partial charge in [0.05, 0.1) is 6.10 Å². The predicted octanol–water partition coefficient (Wildman–Crippen LogP) is 5.27. The van der Waals surface area contributed by atoms with Crippen LogP contribution < -0.4 is 0 Å². The van der Waals surface area contributed by atoms with Gasteiger partial charge in [-0.05, 0) is 35.2 Å². The number of benzene rings is 2. The first-order chi connectivity index (χ1) is 9.35. The molecule has 2 aromatic carbocycles. The Morgan fingerprint density at radius 1 is 1.05 bits per heavy atom. The summed E-state index contributed by atoms with van der Waals surface area (Å²) in [6.07, 6.45) is 7.91. The molecular formula is C18H22O. The quantitative estimate of drug-likeness (QED) is 0.638. The van der Waals surface area contributed by atoms with E-state index in [-0.39, 0.29) is 6.10 Å². The molecule has 19 heavy (non-hydrogen) atoms. The van der Waals surface area contributed by atoms with Crippen LogP contribution in [0.1, 0.15) is 37.9 Å². The molecule has 1 atom stereocenters. The van der Waals surface area contributed by atoms with Crippen molar-refractivity contribution in [2.75, 3.05) is 7.11 Å². The van der Waals surface area contributed by atoms with Crippen molar-refractivity contribution < 1.29 is 4.74 Å². The number of fused-ring (bicyclic) bond motifs is 1. The van der Waals surface area contributed by atoms with Crippen LogP contribution in [0.2, 0.25) is 0 Å². The average Bonchev–Trinajstić information content (AvgIpc) is 2.47. The minimum Gasteiger partial charge on any atom is -0.376 e. The number of allylic oxidation sites excluding steroid dienone is 1. The summed E-state index contributed by atoms with van der Waals surface area (Å²) in [5.74, 6) is 0. The van der Waals surface area contributed by atoms with E-state index in [0.717, 1.165) is 12.8 Å². The number of rotatable bonds is 6. The Bertz CT molecular complexity index is 542. The number of unbranched alkanes of at least 4 members (excludes halogenated alkanes) is 1. The molecule has 0 bridgehead atoms. The van der Waals surface area contributed by atoms with E-state index in [1.807, 2.05) is 0 Å². The van der Waals surface area contributed by atoms with E-state index in [2.05, 4.69) is 61.5 Å². The topological polar surface area (TPSA) is 9.23 Å². The van der Waals surface area contributed by atoms with Gasteiger partial charge in [0.25, 0.3) is 0 Å². The van der Waals surface area contributed by atoms with Gasteiger partial charge in [-0.1, -0.05) is 61.9 Å². The molecule has 0 amide bonds. The van der Waals surface area contributed by atoms with Crippen molar-refractivity contribution >= 4 is 10.8 Å². The summed E-state index contributed by atoms with van der Waals surface area (Å²) in [6, 6.07) is 15.0. The zero-order valence-electron chi connectivity index (χ0n) is 11.8. The Hall–Kier alpha value is -1.60. The zero-order chi connectivity index (χ0) is 13.5. The Morgan fingerprint density at radius 2 is 1.84 bits per heavy atom. The molecule has 1 unspecified atom stereocenters. The fraction of sp³-hybridized carbons (Fsp3) is 0.333. The Labute approximate surface area is 115 Å². The van der Waals surface area contributed by atoms with Crippen molar-refractivity contribution in [2.45, 2.75) is 32.3 Å². The fourth-order valence-electron chi connectivity index (χ4n) is 2.28. The number of ether oxygens (including phenoxy) is 1. The predicted molar refractivity (Wildman–Crippen MR) is 82.4 cm³/mol. The van der Waals surface area contributed by atoms with Crippen LogP contribution in [-0.4, -0.2) is 7.11 Å². The number of methoxy groups -OCH3 is 1. The highest BCUT2D eigenvalue weighted by atomic mass is 16.5. The Kier molecular flexibility index (Phi) is 5.17. The summed E-state index contributed by atoms with van der Waals surface area (Å²) in [6.45, 7) is 2.20. The zero-order valence-corrected chi connectivity index (χ0v) is 11.8. The minimum absolute atomic E-state index is 0.151. The van der Waals surface area contributed by atoms with Gasteiger partial charge in [0.1, 0.15) is 0 Å². The molecule has 0 aliphatic carbocycles. The van der Waals surface area contributed by atoms with Crippen LogP contribution in [0.25, 0.3) is 10.8 Å². The van der Waals surface area contributed by atoms with Crippen LogP contribution in [-0.2, 0) is 4.74 Å². The van der Waals surface area contributed by atoms with Gasteiger partial charge in [0, 0.05) is 7.11 Å². The molecule has 0 spiro atoms. The summed E-state index contributed by atoms with van der Waals surface area (Å²) >= 11 is 0. The molecular weight excluding hydrogens is 232 g/mol. The first kappa shape index (κ1) is 13.8. The molecule has 0 saturated heterocycles. The molecule has 0 saturated carbocycles. The monoisotopic (exact) mass is 254 g/mol. The van der Waals surface area contributed by atoms with Crippen molar-refractivity contribution in [1.82, 2.24) is 0 Å². The van der Waals surface area contributed by atoms with Gasteiger partial charge in [-0.2, -0.15) is 0 Å². The van der Waals surface area contributed by atoms with E-state index in [1.54, 1.807) is 7.11 Å². The lowest BCUT2D eigenvalue weighted by Crippen LogP contribution is -2.00. The van der Waals surface area contributed by atoms with Crippen molar-refractivity contribution in [3.8, 4) is 0 Å². The highest BCUT2D eigenvalue weighted by molar-refractivity contribution is 5.83. The first-order valence-electron chi connectivity index (χ1n) is 7.01. The molecule has 0 aliphatic heterocycles. The lowest BCUT2D eigenvalue weighted by atomic mass is 10.0. The van der Waals surface area contributed by atoms with E-state index in [0.29, 0.717) is 0 Å². The van der Waals surface area contributed by atoms with Crippen LogP contribution >= 0.6 is 0 Å². The third-order valence-electron chi connectivity index (χ3n) is 3.40. The van der Waals surface area contributed by atoms with Crippen LogP contribution in [0, 0.1) is 0 Å². The van der Waals surface area contributed by atoms with Crippen molar-refractivity contribution in [3.63, 3.8) is 0 Å². The molecule has 1 nitrogen and oxygen atoms in total. The van der Waals surface area contributed by atoms with E-state index in [4.69, 9.17) is 4.74 Å². The normalized spacial score (nSPS) is 13.2. The minimum atomic E-state index is 0.151. The lowest BCUT2D eigenvalue weighted by molar-refractivity contribution is 0.106. The second-order valence-electron chi connectivity index (χ2n) is 4.83. The first-order valence-corrected chi connectivity index (χ1v) is 7.01. The largest absolute Gasteiger partial charge is 0.376 e. The molecule has 100 valence electrons. The SMILES string of the molecule is CCC/C=C/CC(OC)c1ccc2ccccc2c1. The average molecular weight is 254 g/mol. The lowest BCUT2D eigenvalue weighted by Gasteiger charge is -2.14.